The van der Waals surface area contributed by atoms with Crippen LogP contribution in [0.1, 0.15) is 18.4 Å². The van der Waals surface area contributed by atoms with Crippen molar-refractivity contribution in [2.24, 2.45) is 0 Å². The second-order valence-electron chi connectivity index (χ2n) is 6.93. The zero-order valence-electron chi connectivity index (χ0n) is 15.8. The van der Waals surface area contributed by atoms with Gasteiger partial charge in [0.05, 0.1) is 7.11 Å². The third kappa shape index (κ3) is 5.37. The topological polar surface area (TPSA) is 44.8 Å². The highest BCUT2D eigenvalue weighted by Crippen LogP contribution is 2.21. The van der Waals surface area contributed by atoms with Gasteiger partial charge in [0.15, 0.2) is 0 Å². The highest BCUT2D eigenvalue weighted by Gasteiger charge is 2.25. The Kier molecular flexibility index (Phi) is 6.58. The Hall–Kier alpha value is -2.24. The van der Waals surface area contributed by atoms with Crippen LogP contribution in [-0.4, -0.2) is 49.1 Å². The summed E-state index contributed by atoms with van der Waals surface area (Å²) in [5.41, 5.74) is 1.96. The molecular weight excluding hydrogens is 362 g/mol. The standard InChI is InChI=1S/C21H26ClN3O2/c1-24(15-16-5-3-6-17(22)13-16)19-9-11-25(12-10-19)21(26)23-18-7-4-8-20(14-18)27-2/h3-8,13-14,19H,9-12,15H2,1-2H3,(H,23,26). The molecule has 1 aliphatic rings. The molecule has 0 saturated carbocycles. The monoisotopic (exact) mass is 387 g/mol. The fourth-order valence-electron chi connectivity index (χ4n) is 3.47. The van der Waals surface area contributed by atoms with E-state index in [-0.39, 0.29) is 6.03 Å². The molecule has 5 nitrogen and oxygen atoms in total. The lowest BCUT2D eigenvalue weighted by Gasteiger charge is -2.36. The molecule has 0 bridgehead atoms. The summed E-state index contributed by atoms with van der Waals surface area (Å²) in [4.78, 5) is 16.7. The fraction of sp³-hybridized carbons (Fsp3) is 0.381. The molecule has 0 aromatic heterocycles. The van der Waals surface area contributed by atoms with Crippen LogP contribution in [0.25, 0.3) is 0 Å². The Morgan fingerprint density at radius 3 is 2.67 bits per heavy atom. The summed E-state index contributed by atoms with van der Waals surface area (Å²) in [7, 11) is 3.75. The van der Waals surface area contributed by atoms with Crippen molar-refractivity contribution in [3.8, 4) is 5.75 Å². The van der Waals surface area contributed by atoms with Crippen molar-refractivity contribution >= 4 is 23.3 Å². The number of nitrogens with one attached hydrogen (secondary N) is 1. The number of piperidine rings is 1. The Balaban J connectivity index is 1.49. The van der Waals surface area contributed by atoms with Crippen molar-refractivity contribution in [3.05, 3.63) is 59.1 Å². The number of halogens is 1. The summed E-state index contributed by atoms with van der Waals surface area (Å²) < 4.78 is 5.20. The third-order valence-electron chi connectivity index (χ3n) is 5.02. The van der Waals surface area contributed by atoms with Crippen LogP contribution in [0, 0.1) is 0 Å². The van der Waals surface area contributed by atoms with Crippen molar-refractivity contribution in [3.63, 3.8) is 0 Å². The summed E-state index contributed by atoms with van der Waals surface area (Å²) in [5, 5.41) is 3.72. The molecule has 2 aromatic carbocycles. The molecule has 144 valence electrons. The molecule has 1 N–H and O–H groups in total. The first-order valence-corrected chi connectivity index (χ1v) is 9.57. The molecular formula is C21H26ClN3O2. The minimum atomic E-state index is -0.0563. The summed E-state index contributed by atoms with van der Waals surface area (Å²) in [6.45, 7) is 2.36. The number of hydrogen-bond acceptors (Lipinski definition) is 3. The highest BCUT2D eigenvalue weighted by atomic mass is 35.5. The lowest BCUT2D eigenvalue weighted by molar-refractivity contribution is 0.137. The van der Waals surface area contributed by atoms with Gasteiger partial charge in [-0.2, -0.15) is 0 Å². The van der Waals surface area contributed by atoms with Gasteiger partial charge in [0.25, 0.3) is 0 Å². The minimum Gasteiger partial charge on any atom is -0.497 e. The maximum Gasteiger partial charge on any atom is 0.321 e. The van der Waals surface area contributed by atoms with Gasteiger partial charge in [0.1, 0.15) is 5.75 Å². The number of carbonyl (C=O) groups is 1. The van der Waals surface area contributed by atoms with Gasteiger partial charge in [-0.05, 0) is 49.7 Å². The van der Waals surface area contributed by atoms with E-state index in [0.29, 0.717) is 6.04 Å². The van der Waals surface area contributed by atoms with Crippen LogP contribution in [0.5, 0.6) is 5.75 Å². The van der Waals surface area contributed by atoms with Gasteiger partial charge in [-0.15, -0.1) is 0 Å². The van der Waals surface area contributed by atoms with Gasteiger partial charge in [-0.3, -0.25) is 4.90 Å². The molecule has 3 rings (SSSR count). The Bertz CT molecular complexity index is 776. The number of ether oxygens (including phenoxy) is 1. The number of hydrogen-bond donors (Lipinski definition) is 1. The molecule has 0 aliphatic carbocycles. The summed E-state index contributed by atoms with van der Waals surface area (Å²) in [5.74, 6) is 0.731. The van der Waals surface area contributed by atoms with E-state index >= 15 is 0 Å². The van der Waals surface area contributed by atoms with E-state index in [0.717, 1.165) is 48.9 Å². The first-order valence-electron chi connectivity index (χ1n) is 9.20. The normalized spacial score (nSPS) is 15.0. The number of rotatable bonds is 5. The molecule has 1 aliphatic heterocycles. The lowest BCUT2D eigenvalue weighted by Crippen LogP contribution is -2.46. The van der Waals surface area contributed by atoms with Crippen LogP contribution >= 0.6 is 11.6 Å². The quantitative estimate of drug-likeness (QED) is 0.822. The minimum absolute atomic E-state index is 0.0563. The molecule has 0 unspecified atom stereocenters. The summed E-state index contributed by atoms with van der Waals surface area (Å²) in [6, 6.07) is 15.8. The number of methoxy groups -OCH3 is 1. The molecule has 2 amide bonds. The van der Waals surface area contributed by atoms with Crippen LogP contribution in [0.3, 0.4) is 0 Å². The molecule has 0 atom stereocenters. The van der Waals surface area contributed by atoms with Crippen LogP contribution in [0.15, 0.2) is 48.5 Å². The molecule has 2 aromatic rings. The van der Waals surface area contributed by atoms with E-state index in [1.165, 1.54) is 5.56 Å². The van der Waals surface area contributed by atoms with E-state index in [2.05, 4.69) is 23.3 Å². The van der Waals surface area contributed by atoms with Crippen LogP contribution in [0.4, 0.5) is 10.5 Å². The molecule has 0 radical (unpaired) electrons. The Morgan fingerprint density at radius 1 is 1.22 bits per heavy atom. The van der Waals surface area contributed by atoms with Gasteiger partial charge in [-0.25, -0.2) is 4.79 Å². The van der Waals surface area contributed by atoms with Gasteiger partial charge in [0, 0.05) is 42.5 Å². The molecule has 0 spiro atoms. The first kappa shape index (κ1) is 19.5. The number of anilines is 1. The first-order chi connectivity index (χ1) is 13.0. The summed E-state index contributed by atoms with van der Waals surface area (Å²) in [6.07, 6.45) is 1.92. The zero-order valence-corrected chi connectivity index (χ0v) is 16.6. The largest absolute Gasteiger partial charge is 0.497 e. The Labute approximate surface area is 165 Å². The van der Waals surface area contributed by atoms with Crippen molar-refractivity contribution in [2.45, 2.75) is 25.4 Å². The lowest BCUT2D eigenvalue weighted by atomic mass is 10.0. The average Bonchev–Trinajstić information content (AvgIpc) is 2.68. The van der Waals surface area contributed by atoms with Crippen molar-refractivity contribution in [2.75, 3.05) is 32.6 Å². The van der Waals surface area contributed by atoms with E-state index in [4.69, 9.17) is 16.3 Å². The van der Waals surface area contributed by atoms with E-state index in [9.17, 15) is 4.79 Å². The smallest absolute Gasteiger partial charge is 0.321 e. The number of benzene rings is 2. The third-order valence-corrected chi connectivity index (χ3v) is 5.25. The zero-order chi connectivity index (χ0) is 19.2. The Morgan fingerprint density at radius 2 is 1.96 bits per heavy atom. The molecule has 1 saturated heterocycles. The second-order valence-corrected chi connectivity index (χ2v) is 7.36. The van der Waals surface area contributed by atoms with Gasteiger partial charge < -0.3 is 15.0 Å². The van der Waals surface area contributed by atoms with Gasteiger partial charge in [-0.1, -0.05) is 29.8 Å². The predicted molar refractivity (Wildman–Crippen MR) is 110 cm³/mol. The number of nitrogens with zero attached hydrogens (tertiary/aromatic N) is 2. The van der Waals surface area contributed by atoms with Crippen molar-refractivity contribution < 1.29 is 9.53 Å². The number of carbonyl (C=O) groups excluding carboxylic acids is 1. The predicted octanol–water partition coefficient (Wildman–Crippen LogP) is 4.48. The van der Waals surface area contributed by atoms with Crippen molar-refractivity contribution in [1.82, 2.24) is 9.80 Å². The maximum absolute atomic E-state index is 12.5. The van der Waals surface area contributed by atoms with Crippen molar-refractivity contribution in [1.29, 1.82) is 0 Å². The molecule has 27 heavy (non-hydrogen) atoms. The number of urea groups is 1. The molecule has 6 heteroatoms. The number of likely N-dealkylation sites (tertiary alicyclic amines) is 1. The maximum atomic E-state index is 12.5. The average molecular weight is 388 g/mol. The van der Waals surface area contributed by atoms with Crippen LogP contribution in [0.2, 0.25) is 5.02 Å². The van der Waals surface area contributed by atoms with Crippen LogP contribution in [-0.2, 0) is 6.54 Å². The fourth-order valence-corrected chi connectivity index (χ4v) is 3.68. The van der Waals surface area contributed by atoms with E-state index < -0.39 is 0 Å². The SMILES string of the molecule is COc1cccc(NC(=O)N2CCC(N(C)Cc3cccc(Cl)c3)CC2)c1. The molecule has 1 fully saturated rings. The highest BCUT2D eigenvalue weighted by molar-refractivity contribution is 6.30. The molecule has 1 heterocycles. The van der Waals surface area contributed by atoms with Crippen LogP contribution < -0.4 is 10.1 Å². The van der Waals surface area contributed by atoms with Gasteiger partial charge >= 0.3 is 6.03 Å². The van der Waals surface area contributed by atoms with E-state index in [1.54, 1.807) is 7.11 Å². The second kappa shape index (κ2) is 9.11. The van der Waals surface area contributed by atoms with E-state index in [1.807, 2.05) is 47.4 Å². The number of amides is 2. The summed E-state index contributed by atoms with van der Waals surface area (Å²) >= 11 is 6.08. The van der Waals surface area contributed by atoms with Gasteiger partial charge in [0.2, 0.25) is 0 Å².